The SMILES string of the molecule is COc1ccccc1N1CCN(c2ccc(NC(=O)C3CCC3)cn2)CC1. The van der Waals surface area contributed by atoms with Crippen molar-refractivity contribution in [1.29, 1.82) is 0 Å². The molecule has 0 atom stereocenters. The first-order chi connectivity index (χ1) is 13.2. The number of piperazine rings is 1. The van der Waals surface area contributed by atoms with E-state index in [1.807, 2.05) is 30.3 Å². The van der Waals surface area contributed by atoms with Gasteiger partial charge in [-0.3, -0.25) is 4.79 Å². The van der Waals surface area contributed by atoms with Crippen LogP contribution < -0.4 is 19.9 Å². The molecule has 1 aliphatic carbocycles. The summed E-state index contributed by atoms with van der Waals surface area (Å²) in [6.45, 7) is 3.64. The minimum Gasteiger partial charge on any atom is -0.495 e. The van der Waals surface area contributed by atoms with Gasteiger partial charge in [0.2, 0.25) is 5.91 Å². The average molecular weight is 366 g/mol. The van der Waals surface area contributed by atoms with Gasteiger partial charge in [0.25, 0.3) is 0 Å². The van der Waals surface area contributed by atoms with Crippen LogP contribution in [0.3, 0.4) is 0 Å². The van der Waals surface area contributed by atoms with Gasteiger partial charge in [-0.1, -0.05) is 18.6 Å². The Kier molecular flexibility index (Phi) is 5.14. The molecule has 1 saturated carbocycles. The van der Waals surface area contributed by atoms with Gasteiger partial charge in [0.15, 0.2) is 0 Å². The third kappa shape index (κ3) is 3.84. The number of rotatable bonds is 5. The fraction of sp³-hybridized carbons (Fsp3) is 0.429. The highest BCUT2D eigenvalue weighted by Gasteiger charge is 2.25. The molecule has 1 aromatic carbocycles. The van der Waals surface area contributed by atoms with Crippen molar-refractivity contribution in [2.75, 3.05) is 48.4 Å². The molecule has 1 N–H and O–H groups in total. The molecule has 1 aliphatic heterocycles. The summed E-state index contributed by atoms with van der Waals surface area (Å²) in [5, 5.41) is 2.97. The van der Waals surface area contributed by atoms with E-state index in [1.54, 1.807) is 13.3 Å². The Bertz CT molecular complexity index is 781. The molecule has 2 aromatic rings. The number of aromatic nitrogens is 1. The summed E-state index contributed by atoms with van der Waals surface area (Å²) in [5.41, 5.74) is 1.92. The molecule has 1 amide bonds. The minimum absolute atomic E-state index is 0.126. The first-order valence-electron chi connectivity index (χ1n) is 9.64. The quantitative estimate of drug-likeness (QED) is 0.881. The van der Waals surface area contributed by atoms with E-state index in [0.29, 0.717) is 0 Å². The van der Waals surface area contributed by atoms with Crippen LogP contribution in [0.1, 0.15) is 19.3 Å². The smallest absolute Gasteiger partial charge is 0.227 e. The van der Waals surface area contributed by atoms with Crippen molar-refractivity contribution >= 4 is 23.1 Å². The number of carbonyl (C=O) groups excluding carboxylic acids is 1. The van der Waals surface area contributed by atoms with Gasteiger partial charge in [0.1, 0.15) is 11.6 Å². The van der Waals surface area contributed by atoms with Gasteiger partial charge < -0.3 is 19.9 Å². The van der Waals surface area contributed by atoms with Crippen LogP contribution in [-0.4, -0.2) is 44.2 Å². The Labute approximate surface area is 160 Å². The van der Waals surface area contributed by atoms with E-state index < -0.39 is 0 Å². The van der Waals surface area contributed by atoms with Crippen molar-refractivity contribution in [3.63, 3.8) is 0 Å². The molecule has 2 fully saturated rings. The molecule has 142 valence electrons. The molecule has 6 heteroatoms. The molecule has 1 aromatic heterocycles. The van der Waals surface area contributed by atoms with Gasteiger partial charge in [-0.2, -0.15) is 0 Å². The molecule has 2 aliphatic rings. The summed E-state index contributed by atoms with van der Waals surface area (Å²) in [6.07, 6.45) is 4.94. The maximum absolute atomic E-state index is 12.0. The third-order valence-corrected chi connectivity index (χ3v) is 5.52. The van der Waals surface area contributed by atoms with Crippen molar-refractivity contribution < 1.29 is 9.53 Å². The highest BCUT2D eigenvalue weighted by atomic mass is 16.5. The predicted octanol–water partition coefficient (Wildman–Crippen LogP) is 3.16. The number of hydrogen-bond acceptors (Lipinski definition) is 5. The number of amides is 1. The van der Waals surface area contributed by atoms with Crippen LogP contribution in [0.15, 0.2) is 42.6 Å². The zero-order chi connectivity index (χ0) is 18.6. The molecule has 0 radical (unpaired) electrons. The third-order valence-electron chi connectivity index (χ3n) is 5.52. The van der Waals surface area contributed by atoms with Gasteiger partial charge in [0, 0.05) is 32.1 Å². The molecule has 2 heterocycles. The van der Waals surface area contributed by atoms with Crippen LogP contribution in [0.4, 0.5) is 17.2 Å². The van der Waals surface area contributed by atoms with Gasteiger partial charge in [0.05, 0.1) is 24.7 Å². The lowest BCUT2D eigenvalue weighted by Crippen LogP contribution is -2.46. The molecule has 1 saturated heterocycles. The first kappa shape index (κ1) is 17.6. The normalized spacial score (nSPS) is 17.4. The van der Waals surface area contributed by atoms with Crippen molar-refractivity contribution in [3.8, 4) is 5.75 Å². The number of methoxy groups -OCH3 is 1. The van der Waals surface area contributed by atoms with Crippen molar-refractivity contribution in [2.45, 2.75) is 19.3 Å². The standard InChI is InChI=1S/C21H26N4O2/c1-27-19-8-3-2-7-18(19)24-11-13-25(14-12-24)20-10-9-17(15-22-20)23-21(26)16-5-4-6-16/h2-3,7-10,15-16H,4-6,11-14H2,1H3,(H,23,26). The fourth-order valence-corrected chi connectivity index (χ4v) is 3.63. The zero-order valence-electron chi connectivity index (χ0n) is 15.7. The Morgan fingerprint density at radius 3 is 2.44 bits per heavy atom. The Morgan fingerprint density at radius 2 is 1.81 bits per heavy atom. The lowest BCUT2D eigenvalue weighted by molar-refractivity contribution is -0.122. The van der Waals surface area contributed by atoms with Gasteiger partial charge in [-0.05, 0) is 37.1 Å². The first-order valence-corrected chi connectivity index (χ1v) is 9.64. The molecule has 4 rings (SSSR count). The fourth-order valence-electron chi connectivity index (χ4n) is 3.63. The van der Waals surface area contributed by atoms with Crippen LogP contribution in [0.25, 0.3) is 0 Å². The molecule has 6 nitrogen and oxygen atoms in total. The topological polar surface area (TPSA) is 57.7 Å². The van der Waals surface area contributed by atoms with E-state index in [2.05, 4.69) is 26.2 Å². The number of para-hydroxylation sites is 2. The second-order valence-electron chi connectivity index (χ2n) is 7.17. The monoisotopic (exact) mass is 366 g/mol. The molecule has 0 bridgehead atoms. The van der Waals surface area contributed by atoms with Crippen LogP contribution >= 0.6 is 0 Å². The number of nitrogens with one attached hydrogen (secondary N) is 1. The second kappa shape index (κ2) is 7.86. The number of nitrogens with zero attached hydrogens (tertiary/aromatic N) is 3. The molecular formula is C21H26N4O2. The summed E-state index contributed by atoms with van der Waals surface area (Å²) in [7, 11) is 1.71. The van der Waals surface area contributed by atoms with Crippen LogP contribution in [-0.2, 0) is 4.79 Å². The largest absolute Gasteiger partial charge is 0.495 e. The minimum atomic E-state index is 0.126. The molecular weight excluding hydrogens is 340 g/mol. The molecule has 0 unspecified atom stereocenters. The van der Waals surface area contributed by atoms with E-state index in [9.17, 15) is 4.79 Å². The highest BCUT2D eigenvalue weighted by molar-refractivity contribution is 5.92. The maximum Gasteiger partial charge on any atom is 0.227 e. The molecule has 27 heavy (non-hydrogen) atoms. The van der Waals surface area contributed by atoms with Gasteiger partial charge in [-0.25, -0.2) is 4.98 Å². The maximum atomic E-state index is 12.0. The Morgan fingerprint density at radius 1 is 1.07 bits per heavy atom. The summed E-state index contributed by atoms with van der Waals surface area (Å²) in [4.78, 5) is 21.2. The molecule has 0 spiro atoms. The number of ether oxygens (including phenoxy) is 1. The number of hydrogen-bond donors (Lipinski definition) is 1. The van der Waals surface area contributed by atoms with Crippen LogP contribution in [0.5, 0.6) is 5.75 Å². The highest BCUT2D eigenvalue weighted by Crippen LogP contribution is 2.29. The van der Waals surface area contributed by atoms with Crippen molar-refractivity contribution in [2.24, 2.45) is 5.92 Å². The lowest BCUT2D eigenvalue weighted by Gasteiger charge is -2.37. The van der Waals surface area contributed by atoms with E-state index >= 15 is 0 Å². The average Bonchev–Trinajstić information content (AvgIpc) is 2.67. The van der Waals surface area contributed by atoms with E-state index in [-0.39, 0.29) is 11.8 Å². The second-order valence-corrected chi connectivity index (χ2v) is 7.17. The van der Waals surface area contributed by atoms with Gasteiger partial charge in [-0.15, -0.1) is 0 Å². The van der Waals surface area contributed by atoms with Crippen molar-refractivity contribution in [1.82, 2.24) is 4.98 Å². The predicted molar refractivity (Wildman–Crippen MR) is 108 cm³/mol. The van der Waals surface area contributed by atoms with E-state index in [0.717, 1.165) is 68.4 Å². The number of pyridine rings is 1. The van der Waals surface area contributed by atoms with Gasteiger partial charge >= 0.3 is 0 Å². The summed E-state index contributed by atoms with van der Waals surface area (Å²) in [5.74, 6) is 2.18. The number of benzene rings is 1. The van der Waals surface area contributed by atoms with Crippen LogP contribution in [0, 0.1) is 5.92 Å². The summed E-state index contributed by atoms with van der Waals surface area (Å²) in [6, 6.07) is 12.1. The number of anilines is 3. The summed E-state index contributed by atoms with van der Waals surface area (Å²) < 4.78 is 5.48. The number of carbonyl (C=O) groups is 1. The van der Waals surface area contributed by atoms with Crippen LogP contribution in [0.2, 0.25) is 0 Å². The lowest BCUT2D eigenvalue weighted by atomic mass is 9.85. The van der Waals surface area contributed by atoms with E-state index in [4.69, 9.17) is 4.74 Å². The van der Waals surface area contributed by atoms with Crippen molar-refractivity contribution in [3.05, 3.63) is 42.6 Å². The zero-order valence-corrected chi connectivity index (χ0v) is 15.7. The Balaban J connectivity index is 1.34. The van der Waals surface area contributed by atoms with E-state index in [1.165, 1.54) is 0 Å². The Hall–Kier alpha value is -2.76. The summed E-state index contributed by atoms with van der Waals surface area (Å²) >= 11 is 0.